The lowest BCUT2D eigenvalue weighted by Crippen LogP contribution is -2.16. The van der Waals surface area contributed by atoms with Gasteiger partial charge in [0.05, 0.1) is 4.90 Å². The standard InChI is InChI=1S/C12H14N4O2S/c1-9-4-5-10(8-13)7-11(9)19(17,18)16-12-3-2-6-14-15-12/h2-7H,8,13H2,1H3,(H,15,16). The second kappa shape index (κ2) is 5.33. The summed E-state index contributed by atoms with van der Waals surface area (Å²) in [7, 11) is -3.68. The molecule has 1 aromatic carbocycles. The van der Waals surface area contributed by atoms with Crippen molar-refractivity contribution in [3.8, 4) is 0 Å². The molecule has 1 aromatic heterocycles. The van der Waals surface area contributed by atoms with Crippen LogP contribution in [0.4, 0.5) is 5.82 Å². The zero-order valence-corrected chi connectivity index (χ0v) is 11.2. The first-order valence-corrected chi connectivity index (χ1v) is 7.11. The zero-order valence-electron chi connectivity index (χ0n) is 10.4. The zero-order chi connectivity index (χ0) is 13.9. The van der Waals surface area contributed by atoms with Gasteiger partial charge < -0.3 is 5.73 Å². The Morgan fingerprint density at radius 1 is 1.32 bits per heavy atom. The van der Waals surface area contributed by atoms with E-state index in [2.05, 4.69) is 14.9 Å². The molecule has 0 unspecified atom stereocenters. The van der Waals surface area contributed by atoms with Gasteiger partial charge in [0.15, 0.2) is 5.82 Å². The monoisotopic (exact) mass is 278 g/mol. The smallest absolute Gasteiger partial charge is 0.263 e. The van der Waals surface area contributed by atoms with Gasteiger partial charge in [-0.05, 0) is 36.2 Å². The Hall–Kier alpha value is -1.99. The van der Waals surface area contributed by atoms with Crippen molar-refractivity contribution in [2.24, 2.45) is 5.73 Å². The third kappa shape index (κ3) is 3.07. The average Bonchev–Trinajstić information content (AvgIpc) is 2.39. The highest BCUT2D eigenvalue weighted by molar-refractivity contribution is 7.92. The van der Waals surface area contributed by atoms with Gasteiger partial charge in [-0.15, -0.1) is 5.10 Å². The maximum Gasteiger partial charge on any atom is 0.263 e. The summed E-state index contributed by atoms with van der Waals surface area (Å²) in [5.41, 5.74) is 6.93. The normalized spacial score (nSPS) is 11.3. The first-order chi connectivity index (χ1) is 9.03. The van der Waals surface area contributed by atoms with Gasteiger partial charge in [0.2, 0.25) is 0 Å². The van der Waals surface area contributed by atoms with E-state index < -0.39 is 10.0 Å². The summed E-state index contributed by atoms with van der Waals surface area (Å²) in [6, 6.07) is 8.23. The summed E-state index contributed by atoms with van der Waals surface area (Å²) in [6.45, 7) is 2.01. The molecule has 0 aliphatic heterocycles. The molecule has 0 bridgehead atoms. The van der Waals surface area contributed by atoms with Crippen molar-refractivity contribution in [2.45, 2.75) is 18.4 Å². The number of aryl methyl sites for hydroxylation is 1. The molecule has 19 heavy (non-hydrogen) atoms. The highest BCUT2D eigenvalue weighted by atomic mass is 32.2. The van der Waals surface area contributed by atoms with Crippen molar-refractivity contribution in [2.75, 3.05) is 4.72 Å². The van der Waals surface area contributed by atoms with E-state index in [4.69, 9.17) is 5.73 Å². The quantitative estimate of drug-likeness (QED) is 0.871. The highest BCUT2D eigenvalue weighted by Gasteiger charge is 2.17. The Balaban J connectivity index is 2.39. The third-order valence-electron chi connectivity index (χ3n) is 2.59. The van der Waals surface area contributed by atoms with Gasteiger partial charge in [0, 0.05) is 12.7 Å². The highest BCUT2D eigenvalue weighted by Crippen LogP contribution is 2.19. The molecule has 1 heterocycles. The molecular weight excluding hydrogens is 264 g/mol. The number of benzene rings is 1. The lowest BCUT2D eigenvalue weighted by atomic mass is 10.1. The van der Waals surface area contributed by atoms with Crippen LogP contribution in [0.5, 0.6) is 0 Å². The SMILES string of the molecule is Cc1ccc(CN)cc1S(=O)(=O)Nc1cccnn1. The van der Waals surface area contributed by atoms with E-state index in [0.29, 0.717) is 5.56 Å². The van der Waals surface area contributed by atoms with Crippen molar-refractivity contribution in [1.82, 2.24) is 10.2 Å². The molecule has 100 valence electrons. The largest absolute Gasteiger partial charge is 0.326 e. The van der Waals surface area contributed by atoms with E-state index in [-0.39, 0.29) is 17.3 Å². The fourth-order valence-corrected chi connectivity index (χ4v) is 2.90. The molecule has 2 rings (SSSR count). The number of nitrogens with zero attached hydrogens (tertiary/aromatic N) is 2. The van der Waals surface area contributed by atoms with Crippen LogP contribution in [0.25, 0.3) is 0 Å². The number of nitrogens with two attached hydrogens (primary N) is 1. The lowest BCUT2D eigenvalue weighted by Gasteiger charge is -2.10. The van der Waals surface area contributed by atoms with Crippen LogP contribution in [0.3, 0.4) is 0 Å². The predicted molar refractivity (Wildman–Crippen MR) is 71.9 cm³/mol. The van der Waals surface area contributed by atoms with Gasteiger partial charge in [-0.25, -0.2) is 8.42 Å². The molecule has 0 saturated carbocycles. The number of hydrogen-bond acceptors (Lipinski definition) is 5. The minimum Gasteiger partial charge on any atom is -0.326 e. The van der Waals surface area contributed by atoms with E-state index in [0.717, 1.165) is 5.56 Å². The molecule has 0 amide bonds. The summed E-state index contributed by atoms with van der Waals surface area (Å²) in [5, 5.41) is 7.32. The van der Waals surface area contributed by atoms with Gasteiger partial charge >= 0.3 is 0 Å². The van der Waals surface area contributed by atoms with Gasteiger partial charge in [-0.1, -0.05) is 12.1 Å². The summed E-state index contributed by atoms with van der Waals surface area (Å²) < 4.78 is 26.9. The van der Waals surface area contributed by atoms with Crippen LogP contribution >= 0.6 is 0 Å². The number of aromatic nitrogens is 2. The summed E-state index contributed by atoms with van der Waals surface area (Å²) in [6.07, 6.45) is 1.47. The molecular formula is C12H14N4O2S. The van der Waals surface area contributed by atoms with Crippen molar-refractivity contribution >= 4 is 15.8 Å². The van der Waals surface area contributed by atoms with E-state index in [1.807, 2.05) is 0 Å². The maximum absolute atomic E-state index is 12.3. The molecule has 0 saturated heterocycles. The molecule has 0 fully saturated rings. The van der Waals surface area contributed by atoms with Gasteiger partial charge in [0.1, 0.15) is 0 Å². The first kappa shape index (κ1) is 13.4. The van der Waals surface area contributed by atoms with E-state index in [1.165, 1.54) is 12.3 Å². The maximum atomic E-state index is 12.3. The first-order valence-electron chi connectivity index (χ1n) is 5.63. The van der Waals surface area contributed by atoms with Crippen LogP contribution < -0.4 is 10.5 Å². The number of rotatable bonds is 4. The van der Waals surface area contributed by atoms with Crippen LogP contribution in [0, 0.1) is 6.92 Å². The van der Waals surface area contributed by atoms with Crippen molar-refractivity contribution in [1.29, 1.82) is 0 Å². The van der Waals surface area contributed by atoms with Crippen LogP contribution in [0.15, 0.2) is 41.4 Å². The fourth-order valence-electron chi connectivity index (χ4n) is 1.61. The summed E-state index contributed by atoms with van der Waals surface area (Å²) in [4.78, 5) is 0.195. The lowest BCUT2D eigenvalue weighted by molar-refractivity contribution is 0.600. The Bertz CT molecular complexity index is 671. The minimum atomic E-state index is -3.68. The average molecular weight is 278 g/mol. The fraction of sp³-hybridized carbons (Fsp3) is 0.167. The second-order valence-corrected chi connectivity index (χ2v) is 5.67. The number of nitrogens with one attached hydrogen (secondary N) is 1. The number of sulfonamides is 1. The van der Waals surface area contributed by atoms with Crippen molar-refractivity contribution in [3.63, 3.8) is 0 Å². The molecule has 0 radical (unpaired) electrons. The third-order valence-corrected chi connectivity index (χ3v) is 4.09. The molecule has 2 aromatic rings. The molecule has 6 nitrogen and oxygen atoms in total. The van der Waals surface area contributed by atoms with Crippen LogP contribution in [-0.4, -0.2) is 18.6 Å². The topological polar surface area (TPSA) is 98.0 Å². The Kier molecular flexibility index (Phi) is 3.77. The van der Waals surface area contributed by atoms with Gasteiger partial charge in [-0.2, -0.15) is 5.10 Å². The molecule has 3 N–H and O–H groups in total. The predicted octanol–water partition coefficient (Wildman–Crippen LogP) is 1.04. The molecule has 0 atom stereocenters. The number of hydrogen-bond donors (Lipinski definition) is 2. The number of anilines is 1. The summed E-state index contributed by atoms with van der Waals surface area (Å²) in [5.74, 6) is 0.181. The minimum absolute atomic E-state index is 0.181. The van der Waals surface area contributed by atoms with E-state index in [1.54, 1.807) is 31.2 Å². The van der Waals surface area contributed by atoms with Gasteiger partial charge in [-0.3, -0.25) is 4.72 Å². The van der Waals surface area contributed by atoms with Crippen LogP contribution in [-0.2, 0) is 16.6 Å². The van der Waals surface area contributed by atoms with E-state index >= 15 is 0 Å². The van der Waals surface area contributed by atoms with Crippen molar-refractivity contribution in [3.05, 3.63) is 47.7 Å². The summed E-state index contributed by atoms with van der Waals surface area (Å²) >= 11 is 0. The molecule has 0 aliphatic carbocycles. The van der Waals surface area contributed by atoms with E-state index in [9.17, 15) is 8.42 Å². The Morgan fingerprint density at radius 2 is 2.11 bits per heavy atom. The Morgan fingerprint density at radius 3 is 2.74 bits per heavy atom. The van der Waals surface area contributed by atoms with Gasteiger partial charge in [0.25, 0.3) is 10.0 Å². The molecule has 0 spiro atoms. The van der Waals surface area contributed by atoms with Crippen LogP contribution in [0.1, 0.15) is 11.1 Å². The van der Waals surface area contributed by atoms with Crippen LogP contribution in [0.2, 0.25) is 0 Å². The molecule has 0 aliphatic rings. The second-order valence-electron chi connectivity index (χ2n) is 4.02. The molecule has 7 heteroatoms. The Labute approximate surface area is 111 Å². The van der Waals surface area contributed by atoms with Crippen molar-refractivity contribution < 1.29 is 8.42 Å².